The summed E-state index contributed by atoms with van der Waals surface area (Å²) in [5, 5.41) is 9.62. The molecule has 0 bridgehead atoms. The molecule has 0 spiro atoms. The van der Waals surface area contributed by atoms with Crippen molar-refractivity contribution < 1.29 is 24.1 Å². The maximum absolute atomic E-state index is 11.9. The number of aliphatic hydroxyl groups is 1. The molecule has 2 aliphatic heterocycles. The van der Waals surface area contributed by atoms with Crippen molar-refractivity contribution in [3.05, 3.63) is 23.8 Å². The summed E-state index contributed by atoms with van der Waals surface area (Å²) in [7, 11) is 0. The number of ether oxygens (including phenoxy) is 3. The molecule has 1 atom stereocenters. The number of amides is 1. The zero-order valence-corrected chi connectivity index (χ0v) is 11.1. The molecule has 20 heavy (non-hydrogen) atoms. The lowest BCUT2D eigenvalue weighted by atomic mass is 10.1. The highest BCUT2D eigenvalue weighted by atomic mass is 16.5. The predicted molar refractivity (Wildman–Crippen MR) is 69.8 cm³/mol. The Kier molecular flexibility index (Phi) is 3.75. The average Bonchev–Trinajstić information content (AvgIpc) is 2.87. The fourth-order valence-electron chi connectivity index (χ4n) is 2.31. The SMILES string of the molecule is O=C(COc1ccc2c(c1)OCC2O)N1CCOCC1. The average molecular weight is 279 g/mol. The lowest BCUT2D eigenvalue weighted by Gasteiger charge is -2.26. The zero-order valence-electron chi connectivity index (χ0n) is 11.1. The summed E-state index contributed by atoms with van der Waals surface area (Å²) >= 11 is 0. The van der Waals surface area contributed by atoms with Crippen LogP contribution in [0.3, 0.4) is 0 Å². The van der Waals surface area contributed by atoms with Crippen LogP contribution in [0.4, 0.5) is 0 Å². The van der Waals surface area contributed by atoms with E-state index in [1.807, 2.05) is 0 Å². The second kappa shape index (κ2) is 5.68. The molecule has 2 aliphatic rings. The molecular formula is C14H17NO5. The molecule has 0 radical (unpaired) electrons. The molecule has 108 valence electrons. The quantitative estimate of drug-likeness (QED) is 0.864. The first-order valence-electron chi connectivity index (χ1n) is 6.67. The minimum atomic E-state index is -0.575. The number of morpholine rings is 1. The Hall–Kier alpha value is -1.79. The molecule has 0 saturated carbocycles. The van der Waals surface area contributed by atoms with Gasteiger partial charge in [0.25, 0.3) is 5.91 Å². The van der Waals surface area contributed by atoms with Gasteiger partial charge in [0.1, 0.15) is 24.2 Å². The van der Waals surface area contributed by atoms with E-state index >= 15 is 0 Å². The third kappa shape index (κ3) is 2.71. The van der Waals surface area contributed by atoms with E-state index < -0.39 is 6.10 Å². The Morgan fingerprint density at radius 3 is 3.00 bits per heavy atom. The maximum atomic E-state index is 11.9. The fourth-order valence-corrected chi connectivity index (χ4v) is 2.31. The summed E-state index contributed by atoms with van der Waals surface area (Å²) in [6.45, 7) is 2.66. The van der Waals surface area contributed by atoms with Crippen LogP contribution in [0.2, 0.25) is 0 Å². The van der Waals surface area contributed by atoms with Gasteiger partial charge < -0.3 is 24.2 Å². The molecule has 2 heterocycles. The van der Waals surface area contributed by atoms with E-state index in [1.165, 1.54) is 0 Å². The minimum Gasteiger partial charge on any atom is -0.490 e. The molecule has 1 amide bonds. The van der Waals surface area contributed by atoms with Crippen LogP contribution in [-0.4, -0.2) is 55.4 Å². The molecule has 1 N–H and O–H groups in total. The zero-order chi connectivity index (χ0) is 13.9. The van der Waals surface area contributed by atoms with Crippen LogP contribution in [0, 0.1) is 0 Å². The lowest BCUT2D eigenvalue weighted by Crippen LogP contribution is -2.42. The van der Waals surface area contributed by atoms with Gasteiger partial charge in [-0.1, -0.05) is 0 Å². The number of nitrogens with zero attached hydrogens (tertiary/aromatic N) is 1. The van der Waals surface area contributed by atoms with E-state index in [2.05, 4.69) is 0 Å². The number of hydrogen-bond acceptors (Lipinski definition) is 5. The Balaban J connectivity index is 1.57. The van der Waals surface area contributed by atoms with Gasteiger partial charge in [-0.3, -0.25) is 4.79 Å². The summed E-state index contributed by atoms with van der Waals surface area (Å²) in [5.41, 5.74) is 0.761. The Labute approximate surface area is 116 Å². The van der Waals surface area contributed by atoms with Crippen molar-refractivity contribution in [2.75, 3.05) is 39.5 Å². The number of carbonyl (C=O) groups excluding carboxylic acids is 1. The van der Waals surface area contributed by atoms with Gasteiger partial charge in [0.15, 0.2) is 6.61 Å². The third-order valence-electron chi connectivity index (χ3n) is 3.47. The number of carbonyl (C=O) groups is 1. The molecule has 1 aromatic rings. The van der Waals surface area contributed by atoms with Gasteiger partial charge in [-0.25, -0.2) is 0 Å². The van der Waals surface area contributed by atoms with Crippen molar-refractivity contribution in [2.24, 2.45) is 0 Å². The van der Waals surface area contributed by atoms with Crippen molar-refractivity contribution in [1.29, 1.82) is 0 Å². The van der Waals surface area contributed by atoms with Gasteiger partial charge in [-0.2, -0.15) is 0 Å². The van der Waals surface area contributed by atoms with Crippen molar-refractivity contribution in [1.82, 2.24) is 4.90 Å². The van der Waals surface area contributed by atoms with Gasteiger partial charge in [-0.05, 0) is 12.1 Å². The summed E-state index contributed by atoms with van der Waals surface area (Å²) < 4.78 is 16.0. The smallest absolute Gasteiger partial charge is 0.260 e. The molecule has 1 fully saturated rings. The van der Waals surface area contributed by atoms with Crippen molar-refractivity contribution in [2.45, 2.75) is 6.10 Å². The third-order valence-corrected chi connectivity index (χ3v) is 3.47. The predicted octanol–water partition coefficient (Wildman–Crippen LogP) is 0.350. The van der Waals surface area contributed by atoms with Crippen LogP contribution in [-0.2, 0) is 9.53 Å². The second-order valence-electron chi connectivity index (χ2n) is 4.81. The van der Waals surface area contributed by atoms with Crippen LogP contribution in [0.25, 0.3) is 0 Å². The van der Waals surface area contributed by atoms with Crippen LogP contribution < -0.4 is 9.47 Å². The largest absolute Gasteiger partial charge is 0.490 e. The molecule has 1 unspecified atom stereocenters. The minimum absolute atomic E-state index is 0.00133. The highest BCUT2D eigenvalue weighted by Crippen LogP contribution is 2.34. The Morgan fingerprint density at radius 1 is 1.40 bits per heavy atom. The molecule has 6 nitrogen and oxygen atoms in total. The second-order valence-corrected chi connectivity index (χ2v) is 4.81. The first-order chi connectivity index (χ1) is 9.74. The Bertz CT molecular complexity index is 498. The molecule has 0 aromatic heterocycles. The molecule has 6 heteroatoms. The van der Waals surface area contributed by atoms with Gasteiger partial charge in [0, 0.05) is 24.7 Å². The number of fused-ring (bicyclic) bond motifs is 1. The van der Waals surface area contributed by atoms with Crippen molar-refractivity contribution in [3.63, 3.8) is 0 Å². The van der Waals surface area contributed by atoms with E-state index in [9.17, 15) is 9.90 Å². The van der Waals surface area contributed by atoms with Gasteiger partial charge in [-0.15, -0.1) is 0 Å². The van der Waals surface area contributed by atoms with E-state index in [0.29, 0.717) is 37.8 Å². The first kappa shape index (κ1) is 13.2. The number of rotatable bonds is 3. The number of aliphatic hydroxyl groups excluding tert-OH is 1. The van der Waals surface area contributed by atoms with E-state index in [1.54, 1.807) is 23.1 Å². The van der Waals surface area contributed by atoms with E-state index in [-0.39, 0.29) is 19.1 Å². The van der Waals surface area contributed by atoms with Crippen LogP contribution in [0.5, 0.6) is 11.5 Å². The van der Waals surface area contributed by atoms with Crippen molar-refractivity contribution >= 4 is 5.91 Å². The lowest BCUT2D eigenvalue weighted by molar-refractivity contribution is -0.137. The summed E-state index contributed by atoms with van der Waals surface area (Å²) in [5.74, 6) is 1.14. The molecule has 1 aromatic carbocycles. The summed E-state index contributed by atoms with van der Waals surface area (Å²) in [6.07, 6.45) is -0.575. The fraction of sp³-hybridized carbons (Fsp3) is 0.500. The van der Waals surface area contributed by atoms with Gasteiger partial charge >= 0.3 is 0 Å². The number of hydrogen-bond donors (Lipinski definition) is 1. The molecular weight excluding hydrogens is 262 g/mol. The van der Waals surface area contributed by atoms with Crippen LogP contribution in [0.1, 0.15) is 11.7 Å². The molecule has 1 saturated heterocycles. The van der Waals surface area contributed by atoms with E-state index in [0.717, 1.165) is 5.56 Å². The number of benzene rings is 1. The van der Waals surface area contributed by atoms with Gasteiger partial charge in [0.05, 0.1) is 13.2 Å². The Morgan fingerprint density at radius 2 is 2.20 bits per heavy atom. The van der Waals surface area contributed by atoms with Gasteiger partial charge in [0.2, 0.25) is 0 Å². The monoisotopic (exact) mass is 279 g/mol. The summed E-state index contributed by atoms with van der Waals surface area (Å²) in [4.78, 5) is 13.7. The van der Waals surface area contributed by atoms with Crippen molar-refractivity contribution in [3.8, 4) is 11.5 Å². The highest BCUT2D eigenvalue weighted by molar-refractivity contribution is 5.77. The van der Waals surface area contributed by atoms with Crippen LogP contribution >= 0.6 is 0 Å². The topological polar surface area (TPSA) is 68.2 Å². The summed E-state index contributed by atoms with van der Waals surface area (Å²) in [6, 6.07) is 5.21. The first-order valence-corrected chi connectivity index (χ1v) is 6.67. The normalized spacial score (nSPS) is 21.2. The van der Waals surface area contributed by atoms with Crippen LogP contribution in [0.15, 0.2) is 18.2 Å². The molecule has 3 rings (SSSR count). The van der Waals surface area contributed by atoms with E-state index in [4.69, 9.17) is 14.2 Å². The molecule has 0 aliphatic carbocycles. The standard InChI is InChI=1S/C14H17NO5/c16-12-8-20-13-7-10(1-2-11(12)13)19-9-14(17)15-3-5-18-6-4-15/h1-2,7,12,16H,3-6,8-9H2. The maximum Gasteiger partial charge on any atom is 0.260 e. The highest BCUT2D eigenvalue weighted by Gasteiger charge is 2.22.